The number of carbonyl (C=O) groups is 1. The van der Waals surface area contributed by atoms with Crippen molar-refractivity contribution in [3.8, 4) is 0 Å². The predicted octanol–water partition coefficient (Wildman–Crippen LogP) is 2.15. The largest absolute Gasteiger partial charge is 0.409 e. The van der Waals surface area contributed by atoms with Crippen molar-refractivity contribution in [1.29, 1.82) is 0 Å². The number of benzene rings is 1. The van der Waals surface area contributed by atoms with Crippen LogP contribution in [0.1, 0.15) is 20.3 Å². The minimum Gasteiger partial charge on any atom is -0.409 e. The molecule has 0 atom stereocenters. The summed E-state index contributed by atoms with van der Waals surface area (Å²) in [6.07, 6.45) is 0.371. The molecule has 0 spiro atoms. The summed E-state index contributed by atoms with van der Waals surface area (Å²) in [7, 11) is 0. The van der Waals surface area contributed by atoms with Crippen LogP contribution in [0.4, 0.5) is 0 Å². The number of hydrogen-bond acceptors (Lipinski definition) is 4. The molecule has 5 nitrogen and oxygen atoms in total. The highest BCUT2D eigenvalue weighted by molar-refractivity contribution is 8.00. The Balaban J connectivity index is 2.52. The standard InChI is InChI=1S/C14H21N3O2S/c1-11(2)17(9-8-13(15)16-19)14(18)10-20-12-6-4-3-5-7-12/h3-7,11,19H,8-10H2,1-2H3,(H2,15,16). The predicted molar refractivity (Wildman–Crippen MR) is 82.0 cm³/mol. The average Bonchev–Trinajstić information content (AvgIpc) is 2.45. The number of rotatable bonds is 7. The minimum atomic E-state index is 0.0552. The molecular weight excluding hydrogens is 274 g/mol. The molecule has 3 N–H and O–H groups in total. The van der Waals surface area contributed by atoms with Crippen LogP contribution in [0.15, 0.2) is 40.4 Å². The van der Waals surface area contributed by atoms with Gasteiger partial charge in [-0.05, 0) is 26.0 Å². The van der Waals surface area contributed by atoms with Gasteiger partial charge in [0.2, 0.25) is 5.91 Å². The van der Waals surface area contributed by atoms with Gasteiger partial charge in [-0.15, -0.1) is 11.8 Å². The lowest BCUT2D eigenvalue weighted by Gasteiger charge is -2.26. The highest BCUT2D eigenvalue weighted by Crippen LogP contribution is 2.18. The average molecular weight is 295 g/mol. The smallest absolute Gasteiger partial charge is 0.233 e. The van der Waals surface area contributed by atoms with E-state index in [1.165, 1.54) is 11.8 Å². The van der Waals surface area contributed by atoms with Crippen molar-refractivity contribution < 1.29 is 10.0 Å². The highest BCUT2D eigenvalue weighted by atomic mass is 32.2. The third-order valence-corrected chi connectivity index (χ3v) is 3.78. The molecule has 1 amide bonds. The quantitative estimate of drug-likeness (QED) is 0.266. The Hall–Kier alpha value is -1.69. The third-order valence-electron chi connectivity index (χ3n) is 2.79. The number of amides is 1. The van der Waals surface area contributed by atoms with Crippen LogP contribution in [-0.4, -0.2) is 40.2 Å². The van der Waals surface area contributed by atoms with Crippen LogP contribution >= 0.6 is 11.8 Å². The van der Waals surface area contributed by atoms with E-state index in [2.05, 4.69) is 5.16 Å². The first-order valence-electron chi connectivity index (χ1n) is 6.48. The maximum Gasteiger partial charge on any atom is 0.233 e. The van der Waals surface area contributed by atoms with Crippen molar-refractivity contribution in [2.45, 2.75) is 31.2 Å². The fraction of sp³-hybridized carbons (Fsp3) is 0.429. The number of oxime groups is 1. The summed E-state index contributed by atoms with van der Waals surface area (Å²) >= 11 is 1.51. The molecule has 6 heteroatoms. The van der Waals surface area contributed by atoms with Crippen molar-refractivity contribution in [3.63, 3.8) is 0 Å². The first-order valence-corrected chi connectivity index (χ1v) is 7.47. The zero-order valence-electron chi connectivity index (χ0n) is 11.8. The molecule has 0 radical (unpaired) electrons. The van der Waals surface area contributed by atoms with Gasteiger partial charge in [0.25, 0.3) is 0 Å². The zero-order chi connectivity index (χ0) is 15.0. The van der Waals surface area contributed by atoms with Crippen LogP contribution in [0.25, 0.3) is 0 Å². The van der Waals surface area contributed by atoms with Gasteiger partial charge in [0.1, 0.15) is 5.84 Å². The number of nitrogens with two attached hydrogens (primary N) is 1. The lowest BCUT2D eigenvalue weighted by Crippen LogP contribution is -2.40. The fourth-order valence-corrected chi connectivity index (χ4v) is 2.51. The van der Waals surface area contributed by atoms with Crippen LogP contribution in [-0.2, 0) is 4.79 Å². The van der Waals surface area contributed by atoms with Gasteiger partial charge >= 0.3 is 0 Å². The lowest BCUT2D eigenvalue weighted by atomic mass is 10.2. The summed E-state index contributed by atoms with van der Waals surface area (Å²) in [4.78, 5) is 15.0. The minimum absolute atomic E-state index is 0.0552. The fourth-order valence-electron chi connectivity index (χ4n) is 1.70. The van der Waals surface area contributed by atoms with Crippen molar-refractivity contribution in [1.82, 2.24) is 4.90 Å². The van der Waals surface area contributed by atoms with Gasteiger partial charge in [-0.3, -0.25) is 4.79 Å². The Morgan fingerprint density at radius 3 is 2.60 bits per heavy atom. The monoisotopic (exact) mass is 295 g/mol. The SMILES string of the molecule is CC(C)N(CCC(N)=NO)C(=O)CSc1ccccc1. The van der Waals surface area contributed by atoms with Gasteiger partial charge in [0, 0.05) is 23.9 Å². The molecule has 1 rings (SSSR count). The lowest BCUT2D eigenvalue weighted by molar-refractivity contribution is -0.129. The molecule has 1 aromatic carbocycles. The molecule has 0 heterocycles. The van der Waals surface area contributed by atoms with Gasteiger partial charge in [0.15, 0.2) is 0 Å². The Bertz CT molecular complexity index is 449. The summed E-state index contributed by atoms with van der Waals surface area (Å²) in [6.45, 7) is 4.37. The zero-order valence-corrected chi connectivity index (χ0v) is 12.6. The van der Waals surface area contributed by atoms with E-state index < -0.39 is 0 Å². The second kappa shape index (κ2) is 8.47. The number of nitrogens with zero attached hydrogens (tertiary/aromatic N) is 2. The molecule has 0 aliphatic rings. The molecule has 20 heavy (non-hydrogen) atoms. The van der Waals surface area contributed by atoms with Gasteiger partial charge in [-0.2, -0.15) is 0 Å². The second-order valence-corrected chi connectivity index (χ2v) is 5.67. The van der Waals surface area contributed by atoms with Gasteiger partial charge < -0.3 is 15.8 Å². The Kier molecular flexibility index (Phi) is 6.93. The van der Waals surface area contributed by atoms with Gasteiger partial charge in [-0.1, -0.05) is 23.4 Å². The Labute approximate surface area is 123 Å². The summed E-state index contributed by atoms with van der Waals surface area (Å²) in [5, 5.41) is 11.5. The van der Waals surface area contributed by atoms with Crippen molar-refractivity contribution in [3.05, 3.63) is 30.3 Å². The van der Waals surface area contributed by atoms with E-state index in [9.17, 15) is 4.79 Å². The van der Waals surface area contributed by atoms with Crippen LogP contribution in [0.3, 0.4) is 0 Å². The summed E-state index contributed by atoms with van der Waals surface area (Å²) in [5.41, 5.74) is 5.44. The normalized spacial score (nSPS) is 11.7. The maximum absolute atomic E-state index is 12.2. The van der Waals surface area contributed by atoms with E-state index >= 15 is 0 Å². The van der Waals surface area contributed by atoms with E-state index in [0.29, 0.717) is 18.7 Å². The first-order chi connectivity index (χ1) is 9.54. The molecule has 0 saturated heterocycles. The summed E-state index contributed by atoms with van der Waals surface area (Å²) < 4.78 is 0. The Morgan fingerprint density at radius 2 is 2.05 bits per heavy atom. The van der Waals surface area contributed by atoms with Crippen LogP contribution in [0, 0.1) is 0 Å². The second-order valence-electron chi connectivity index (χ2n) is 4.62. The van der Waals surface area contributed by atoms with Gasteiger partial charge in [0.05, 0.1) is 5.75 Å². The number of amidine groups is 1. The van der Waals surface area contributed by atoms with Crippen molar-refractivity contribution in [2.75, 3.05) is 12.3 Å². The molecule has 0 aromatic heterocycles. The summed E-state index contributed by atoms with van der Waals surface area (Å²) in [5.74, 6) is 0.581. The molecule has 1 aromatic rings. The number of thioether (sulfide) groups is 1. The van der Waals surface area contributed by atoms with Crippen molar-refractivity contribution in [2.24, 2.45) is 10.9 Å². The van der Waals surface area contributed by atoms with Crippen LogP contribution < -0.4 is 5.73 Å². The first kappa shape index (κ1) is 16.4. The molecular formula is C14H21N3O2S. The maximum atomic E-state index is 12.2. The molecule has 0 aliphatic heterocycles. The molecule has 0 saturated carbocycles. The molecule has 0 bridgehead atoms. The molecule has 0 unspecified atom stereocenters. The van der Waals surface area contributed by atoms with E-state index in [0.717, 1.165) is 4.90 Å². The summed E-state index contributed by atoms with van der Waals surface area (Å²) in [6, 6.07) is 9.90. The van der Waals surface area contributed by atoms with E-state index in [-0.39, 0.29) is 17.8 Å². The van der Waals surface area contributed by atoms with Crippen molar-refractivity contribution >= 4 is 23.5 Å². The van der Waals surface area contributed by atoms with E-state index in [4.69, 9.17) is 10.9 Å². The van der Waals surface area contributed by atoms with E-state index in [1.54, 1.807) is 4.90 Å². The van der Waals surface area contributed by atoms with E-state index in [1.807, 2.05) is 44.2 Å². The molecule has 0 aliphatic carbocycles. The van der Waals surface area contributed by atoms with Crippen LogP contribution in [0.2, 0.25) is 0 Å². The van der Waals surface area contributed by atoms with Crippen LogP contribution in [0.5, 0.6) is 0 Å². The third kappa shape index (κ3) is 5.52. The molecule has 110 valence electrons. The number of carbonyl (C=O) groups excluding carboxylic acids is 1. The highest BCUT2D eigenvalue weighted by Gasteiger charge is 2.17. The van der Waals surface area contributed by atoms with Gasteiger partial charge in [-0.25, -0.2) is 0 Å². The number of hydrogen-bond donors (Lipinski definition) is 2. The topological polar surface area (TPSA) is 78.9 Å². The molecule has 0 fully saturated rings. The Morgan fingerprint density at radius 1 is 1.40 bits per heavy atom.